The van der Waals surface area contributed by atoms with Crippen molar-refractivity contribution in [1.82, 2.24) is 0 Å². The molecule has 19 heavy (non-hydrogen) atoms. The summed E-state index contributed by atoms with van der Waals surface area (Å²) in [6, 6.07) is 0. The van der Waals surface area contributed by atoms with Gasteiger partial charge < -0.3 is 0 Å². The molecule has 0 aromatic heterocycles. The fraction of sp³-hybridized carbons (Fsp3) is 0.625. The number of hydrogen-bond acceptors (Lipinski definition) is 0. The maximum atomic E-state index is 2.42. The molecule has 0 aromatic carbocycles. The van der Waals surface area contributed by atoms with Crippen molar-refractivity contribution in [2.75, 3.05) is 0 Å². The van der Waals surface area contributed by atoms with E-state index in [9.17, 15) is 0 Å². The van der Waals surface area contributed by atoms with Crippen LogP contribution in [0.1, 0.15) is 55.4 Å². The molecule has 0 bridgehead atoms. The Labute approximate surface area is 152 Å². The van der Waals surface area contributed by atoms with Gasteiger partial charge in [0.1, 0.15) is 0 Å². The van der Waals surface area contributed by atoms with E-state index in [4.69, 9.17) is 0 Å². The molecule has 0 nitrogen and oxygen atoms in total. The first-order valence-corrected chi connectivity index (χ1v) is 9.17. The first-order chi connectivity index (χ1) is 7.73. The Morgan fingerprint density at radius 1 is 1.11 bits per heavy atom. The zero-order valence-corrected chi connectivity index (χ0v) is 19.4. The Morgan fingerprint density at radius 2 is 1.58 bits per heavy atom. The van der Waals surface area contributed by atoms with Crippen molar-refractivity contribution < 1.29 is 23.2 Å². The van der Waals surface area contributed by atoms with Gasteiger partial charge in [-0.1, -0.05) is 0 Å². The van der Waals surface area contributed by atoms with Gasteiger partial charge in [-0.3, -0.25) is 0 Å². The van der Waals surface area contributed by atoms with Crippen molar-refractivity contribution in [3.05, 3.63) is 31.6 Å². The molecule has 0 aromatic rings. The van der Waals surface area contributed by atoms with Gasteiger partial charge >= 0.3 is 119 Å². The zero-order chi connectivity index (χ0) is 13.4. The van der Waals surface area contributed by atoms with Crippen LogP contribution in [-0.4, -0.2) is 0 Å². The summed E-state index contributed by atoms with van der Waals surface area (Å²) in [4.78, 5) is 0. The van der Waals surface area contributed by atoms with Crippen LogP contribution in [0, 0.1) is 5.41 Å². The van der Waals surface area contributed by atoms with E-state index in [2.05, 4.69) is 61.5 Å². The average Bonchev–Trinajstić information content (AvgIpc) is 2.43. The van der Waals surface area contributed by atoms with Crippen molar-refractivity contribution in [2.24, 2.45) is 5.41 Å². The fourth-order valence-corrected chi connectivity index (χ4v) is 6.84. The van der Waals surface area contributed by atoms with E-state index in [0.717, 1.165) is 3.63 Å². The summed E-state index contributed by atoms with van der Waals surface area (Å²) in [5, 5.41) is 0. The monoisotopic (exact) mass is 468 g/mol. The SMILES string of the molecule is Br.Br.CC=C(C)[CH](C)[Zr][C]1=C(C)C(C)=C(C)C1(C)C. The molecular formula is C16H28Br2Zr. The number of rotatable bonds is 3. The average molecular weight is 471 g/mol. The summed E-state index contributed by atoms with van der Waals surface area (Å²) in [5.41, 5.74) is 6.67. The van der Waals surface area contributed by atoms with Crippen LogP contribution in [0.3, 0.4) is 0 Å². The van der Waals surface area contributed by atoms with Crippen LogP contribution in [0.25, 0.3) is 0 Å². The van der Waals surface area contributed by atoms with Crippen LogP contribution in [-0.2, 0) is 23.2 Å². The Hall–Kier alpha value is 1.06. The van der Waals surface area contributed by atoms with Crippen molar-refractivity contribution in [3.63, 3.8) is 0 Å². The van der Waals surface area contributed by atoms with Gasteiger partial charge in [0, 0.05) is 0 Å². The molecule has 0 amide bonds. The number of halogens is 2. The minimum atomic E-state index is -0.503. The standard InChI is InChI=1S/C10H15.C6H11.2BrH.Zr/c1-7-6-10(4,5)9(3)8(7)2;1-4-6(3)5-2;;;/h1-5H3;4-5H,1-3H3;2*1H;. The summed E-state index contributed by atoms with van der Waals surface area (Å²) in [5.74, 6) is 0. The van der Waals surface area contributed by atoms with Crippen LogP contribution < -0.4 is 0 Å². The molecule has 0 heterocycles. The molecule has 1 unspecified atom stereocenters. The molecular weight excluding hydrogens is 443 g/mol. The fourth-order valence-electron chi connectivity index (χ4n) is 2.46. The molecule has 110 valence electrons. The summed E-state index contributed by atoms with van der Waals surface area (Å²) in [7, 11) is 0. The van der Waals surface area contributed by atoms with Gasteiger partial charge in [0.2, 0.25) is 0 Å². The summed E-state index contributed by atoms with van der Waals surface area (Å²) in [6.45, 7) is 18.6. The predicted molar refractivity (Wildman–Crippen MR) is 94.4 cm³/mol. The van der Waals surface area contributed by atoms with Gasteiger partial charge in [0.05, 0.1) is 0 Å². The van der Waals surface area contributed by atoms with Crippen molar-refractivity contribution >= 4 is 34.0 Å². The molecule has 0 saturated carbocycles. The van der Waals surface area contributed by atoms with E-state index in [0.29, 0.717) is 5.41 Å². The normalized spacial score (nSPS) is 19.9. The molecule has 0 fully saturated rings. The van der Waals surface area contributed by atoms with Gasteiger partial charge in [-0.25, -0.2) is 0 Å². The van der Waals surface area contributed by atoms with Gasteiger partial charge in [-0.05, 0) is 0 Å². The van der Waals surface area contributed by atoms with E-state index in [1.165, 1.54) is 0 Å². The van der Waals surface area contributed by atoms with Crippen LogP contribution in [0.5, 0.6) is 0 Å². The van der Waals surface area contributed by atoms with Crippen LogP contribution >= 0.6 is 34.0 Å². The van der Waals surface area contributed by atoms with E-state index in [1.807, 2.05) is 3.28 Å². The molecule has 1 aliphatic carbocycles. The maximum absolute atomic E-state index is 2.42. The van der Waals surface area contributed by atoms with Gasteiger partial charge in [-0.2, -0.15) is 0 Å². The Morgan fingerprint density at radius 3 is 1.89 bits per heavy atom. The second kappa shape index (κ2) is 8.49. The molecule has 0 spiro atoms. The zero-order valence-electron chi connectivity index (χ0n) is 13.5. The molecule has 0 N–H and O–H groups in total. The van der Waals surface area contributed by atoms with Crippen LogP contribution in [0.15, 0.2) is 31.6 Å². The number of hydrogen-bond donors (Lipinski definition) is 0. The van der Waals surface area contributed by atoms with E-state index < -0.39 is 23.2 Å². The first-order valence-electron chi connectivity index (χ1n) is 6.52. The van der Waals surface area contributed by atoms with Gasteiger partial charge in [-0.15, -0.1) is 34.0 Å². The summed E-state index contributed by atoms with van der Waals surface area (Å²) in [6.07, 6.45) is 2.29. The number of allylic oxidation sites excluding steroid dienone is 6. The predicted octanol–water partition coefficient (Wildman–Crippen LogP) is 6.65. The second-order valence-electron chi connectivity index (χ2n) is 5.77. The third-order valence-electron chi connectivity index (χ3n) is 4.56. The van der Waals surface area contributed by atoms with Gasteiger partial charge in [0.15, 0.2) is 0 Å². The topological polar surface area (TPSA) is 0 Å². The molecule has 3 heteroatoms. The molecule has 1 rings (SSSR count). The molecule has 0 radical (unpaired) electrons. The van der Waals surface area contributed by atoms with Crippen molar-refractivity contribution in [1.29, 1.82) is 0 Å². The first kappa shape index (κ1) is 22.3. The van der Waals surface area contributed by atoms with Crippen molar-refractivity contribution in [3.8, 4) is 0 Å². The van der Waals surface area contributed by atoms with E-state index in [1.54, 1.807) is 22.3 Å². The summed E-state index contributed by atoms with van der Waals surface area (Å²) >= 11 is -0.503. The van der Waals surface area contributed by atoms with Crippen LogP contribution in [0.2, 0.25) is 3.63 Å². The van der Waals surface area contributed by atoms with Crippen molar-refractivity contribution in [2.45, 2.75) is 59.0 Å². The van der Waals surface area contributed by atoms with Crippen LogP contribution in [0.4, 0.5) is 0 Å². The molecule has 1 aliphatic rings. The molecule has 1 atom stereocenters. The van der Waals surface area contributed by atoms with E-state index >= 15 is 0 Å². The third kappa shape index (κ3) is 4.51. The third-order valence-corrected chi connectivity index (χ3v) is 9.91. The summed E-state index contributed by atoms with van der Waals surface area (Å²) < 4.78 is 2.64. The minimum absolute atomic E-state index is 0. The Kier molecular flexibility index (Phi) is 9.99. The molecule has 0 saturated heterocycles. The second-order valence-corrected chi connectivity index (χ2v) is 9.84. The Bertz CT molecular complexity index is 414. The van der Waals surface area contributed by atoms with Gasteiger partial charge in [0.25, 0.3) is 0 Å². The Balaban J connectivity index is 0. The quantitative estimate of drug-likeness (QED) is 0.405. The molecule has 0 aliphatic heterocycles. The van der Waals surface area contributed by atoms with E-state index in [-0.39, 0.29) is 34.0 Å².